The van der Waals surface area contributed by atoms with Crippen LogP contribution in [0, 0.1) is 0 Å². The van der Waals surface area contributed by atoms with Crippen LogP contribution in [-0.4, -0.2) is 47.6 Å². The minimum Gasteiger partial charge on any atom is -0.294 e. The number of rotatable bonds is 7. The Bertz CT molecular complexity index is 2020. The van der Waals surface area contributed by atoms with Crippen molar-refractivity contribution in [1.82, 2.24) is 30.2 Å². The molecule has 7 rings (SSSR count). The normalized spacial score (nSPS) is 13.6. The van der Waals surface area contributed by atoms with Gasteiger partial charge in [0.05, 0.1) is 23.4 Å². The van der Waals surface area contributed by atoms with E-state index in [9.17, 15) is 14.4 Å². The van der Waals surface area contributed by atoms with Crippen molar-refractivity contribution in [3.63, 3.8) is 0 Å². The predicted octanol–water partition coefficient (Wildman–Crippen LogP) is 6.38. The van der Waals surface area contributed by atoms with E-state index in [4.69, 9.17) is 11.6 Å². The van der Waals surface area contributed by atoms with E-state index in [-0.39, 0.29) is 35.8 Å². The second-order valence-corrected chi connectivity index (χ2v) is 11.1. The number of fused-ring (bicyclic) bond motifs is 1. The van der Waals surface area contributed by atoms with Gasteiger partial charge in [0.1, 0.15) is 0 Å². The fourth-order valence-electron chi connectivity index (χ4n) is 5.15. The van der Waals surface area contributed by atoms with Gasteiger partial charge in [-0.25, -0.2) is 9.97 Å². The van der Waals surface area contributed by atoms with Crippen LogP contribution in [0.25, 0.3) is 5.69 Å². The van der Waals surface area contributed by atoms with Crippen molar-refractivity contribution in [2.45, 2.75) is 25.2 Å². The summed E-state index contributed by atoms with van der Waals surface area (Å²) < 4.78 is 0. The molecule has 0 radical (unpaired) electrons. The molecule has 1 aliphatic rings. The number of Topliss-reactive ketones (excluding diaryl/α,β-unsaturated/α-hetero) is 2. The molecule has 47 heavy (non-hydrogen) atoms. The van der Waals surface area contributed by atoms with E-state index >= 15 is 0 Å². The number of anilines is 1. The van der Waals surface area contributed by atoms with Gasteiger partial charge >= 0.3 is 0 Å². The van der Waals surface area contributed by atoms with Gasteiger partial charge in [-0.1, -0.05) is 96.5 Å². The van der Waals surface area contributed by atoms with Crippen LogP contribution in [0.2, 0.25) is 5.02 Å². The summed E-state index contributed by atoms with van der Waals surface area (Å²) in [4.78, 5) is 46.9. The Morgan fingerprint density at radius 1 is 0.809 bits per heavy atom. The van der Waals surface area contributed by atoms with Crippen LogP contribution < -0.4 is 5.32 Å². The summed E-state index contributed by atoms with van der Waals surface area (Å²) in [6.07, 6.45) is 2.59. The first kappa shape index (κ1) is 31.1. The number of benzene rings is 4. The van der Waals surface area contributed by atoms with Crippen molar-refractivity contribution in [2.75, 3.05) is 5.32 Å². The molecule has 1 N–H and O–H groups in total. The summed E-state index contributed by atoms with van der Waals surface area (Å²) in [6.45, 7) is 0. The number of carbonyl (C=O) groups excluding carboxylic acids is 3. The van der Waals surface area contributed by atoms with Crippen LogP contribution in [-0.2, 0) is 12.8 Å². The number of halogens is 1. The molecular formula is C36H28ClN7O3. The summed E-state index contributed by atoms with van der Waals surface area (Å²) >= 11 is 6.30. The number of nitrogens with zero attached hydrogens (tertiary/aromatic N) is 6. The topological polar surface area (TPSA) is 133 Å². The van der Waals surface area contributed by atoms with Gasteiger partial charge in [0, 0.05) is 28.8 Å². The van der Waals surface area contributed by atoms with Crippen LogP contribution >= 0.6 is 11.6 Å². The van der Waals surface area contributed by atoms with E-state index in [1.807, 2.05) is 78.9 Å². The third-order valence-electron chi connectivity index (χ3n) is 7.50. The molecule has 1 atom stereocenters. The summed E-state index contributed by atoms with van der Waals surface area (Å²) in [7, 11) is 0. The van der Waals surface area contributed by atoms with E-state index in [0.717, 1.165) is 11.3 Å². The average Bonchev–Trinajstić information content (AvgIpc) is 3.58. The Morgan fingerprint density at radius 3 is 2.15 bits per heavy atom. The Kier molecular flexibility index (Phi) is 9.59. The lowest BCUT2D eigenvalue weighted by atomic mass is 9.82. The van der Waals surface area contributed by atoms with Crippen molar-refractivity contribution in [3.8, 4) is 5.69 Å². The molecule has 0 saturated carbocycles. The molecule has 1 amide bonds. The summed E-state index contributed by atoms with van der Waals surface area (Å²) in [6, 6.07) is 34.9. The number of ketones is 2. The smallest absolute Gasteiger partial charge is 0.258 e. The molecule has 0 aliphatic heterocycles. The fraction of sp³-hybridized carbons (Fsp3) is 0.111. The highest BCUT2D eigenvalue weighted by Gasteiger charge is 2.29. The van der Waals surface area contributed by atoms with Crippen molar-refractivity contribution >= 4 is 35.0 Å². The molecule has 11 heteroatoms. The van der Waals surface area contributed by atoms with Gasteiger partial charge in [0.2, 0.25) is 5.95 Å². The van der Waals surface area contributed by atoms with Gasteiger partial charge in [-0.3, -0.25) is 19.7 Å². The Labute approximate surface area is 275 Å². The summed E-state index contributed by atoms with van der Waals surface area (Å²) in [5.41, 5.74) is 4.07. The van der Waals surface area contributed by atoms with Crippen LogP contribution in [0.1, 0.15) is 60.5 Å². The first-order valence-corrected chi connectivity index (χ1v) is 15.2. The fourth-order valence-corrected chi connectivity index (χ4v) is 5.44. The van der Waals surface area contributed by atoms with Crippen LogP contribution in [0.15, 0.2) is 121 Å². The molecule has 0 saturated heterocycles. The minimum absolute atomic E-state index is 0.0119. The number of hydrogen-bond donors (Lipinski definition) is 1. The quantitative estimate of drug-likeness (QED) is 0.199. The van der Waals surface area contributed by atoms with Gasteiger partial charge in [0.25, 0.3) is 5.91 Å². The van der Waals surface area contributed by atoms with Gasteiger partial charge in [-0.15, -0.1) is 15.0 Å². The molecule has 2 heterocycles. The highest BCUT2D eigenvalue weighted by Crippen LogP contribution is 2.35. The molecule has 6 aromatic rings. The lowest BCUT2D eigenvalue weighted by Crippen LogP contribution is -2.22. The highest BCUT2D eigenvalue weighted by molar-refractivity contribution is 6.31. The van der Waals surface area contributed by atoms with E-state index in [1.54, 1.807) is 36.4 Å². The molecule has 4 aromatic carbocycles. The largest absolute Gasteiger partial charge is 0.294 e. The second-order valence-electron chi connectivity index (χ2n) is 10.7. The zero-order chi connectivity index (χ0) is 32.6. The lowest BCUT2D eigenvalue weighted by molar-refractivity contribution is 0.0960. The number of hydrogen-bond acceptors (Lipinski definition) is 8. The highest BCUT2D eigenvalue weighted by atomic mass is 35.5. The molecule has 0 bridgehead atoms. The lowest BCUT2D eigenvalue weighted by Gasteiger charge is -2.24. The van der Waals surface area contributed by atoms with Gasteiger partial charge in [-0.05, 0) is 53.4 Å². The average molecular weight is 642 g/mol. The van der Waals surface area contributed by atoms with Crippen LogP contribution in [0.3, 0.4) is 0 Å². The number of amides is 1. The monoisotopic (exact) mass is 641 g/mol. The van der Waals surface area contributed by atoms with Crippen molar-refractivity contribution in [1.29, 1.82) is 0 Å². The third kappa shape index (κ3) is 7.69. The first-order valence-electron chi connectivity index (χ1n) is 14.9. The standard InChI is InChI=1S/C21H16ClN3O2.C15H12N4O/c22-17-9-5-4-8-15(17)14-10-18-16(19(26)11-14)12-23-21(24-18)25-20(27)13-6-2-1-3-7-13;20-14(12-7-3-1-4-8-12)11-15-16-18-19(17-15)13-9-5-2-6-10-13/h1-9,12,14H,10-11H2,(H,23,24,25,27);1-10H,11H2. The summed E-state index contributed by atoms with van der Waals surface area (Å²) in [5, 5.41) is 15.4. The first-order chi connectivity index (χ1) is 22.9. The maximum atomic E-state index is 12.5. The van der Waals surface area contributed by atoms with E-state index in [1.165, 1.54) is 11.0 Å². The molecule has 0 fully saturated rings. The SMILES string of the molecule is O=C(Cc1nnn(-c2ccccc2)n1)c1ccccc1.O=C(Nc1ncc2c(n1)CC(c1ccccc1Cl)CC2=O)c1ccccc1. The number of nitrogens with one attached hydrogen (secondary N) is 1. The molecule has 0 spiro atoms. The maximum absolute atomic E-state index is 12.5. The predicted molar refractivity (Wildman–Crippen MR) is 177 cm³/mol. The summed E-state index contributed by atoms with van der Waals surface area (Å²) in [5.74, 6) is 0.254. The zero-order valence-electron chi connectivity index (χ0n) is 25.0. The third-order valence-corrected chi connectivity index (χ3v) is 7.85. The minimum atomic E-state index is -0.291. The van der Waals surface area contributed by atoms with Gasteiger partial charge < -0.3 is 0 Å². The molecule has 2 aromatic heterocycles. The Balaban J connectivity index is 0.000000172. The number of tetrazole rings is 1. The number of carbonyl (C=O) groups is 3. The molecule has 1 aliphatic carbocycles. The molecule has 232 valence electrons. The number of aromatic nitrogens is 6. The number of para-hydroxylation sites is 1. The van der Waals surface area contributed by atoms with Gasteiger partial charge in [-0.2, -0.15) is 0 Å². The Hall–Kier alpha value is -5.87. The van der Waals surface area contributed by atoms with Gasteiger partial charge in [0.15, 0.2) is 17.4 Å². The molecule has 1 unspecified atom stereocenters. The van der Waals surface area contributed by atoms with E-state index in [2.05, 4.69) is 30.7 Å². The Morgan fingerprint density at radius 2 is 1.45 bits per heavy atom. The molecule has 10 nitrogen and oxygen atoms in total. The van der Waals surface area contributed by atoms with Crippen molar-refractivity contribution in [3.05, 3.63) is 160 Å². The van der Waals surface area contributed by atoms with Crippen molar-refractivity contribution < 1.29 is 14.4 Å². The molecular weight excluding hydrogens is 614 g/mol. The van der Waals surface area contributed by atoms with Crippen LogP contribution in [0.4, 0.5) is 5.95 Å². The maximum Gasteiger partial charge on any atom is 0.258 e. The zero-order valence-corrected chi connectivity index (χ0v) is 25.8. The van der Waals surface area contributed by atoms with Crippen LogP contribution in [0.5, 0.6) is 0 Å². The van der Waals surface area contributed by atoms with Crippen molar-refractivity contribution in [2.24, 2.45) is 0 Å². The second kappa shape index (κ2) is 14.5. The van der Waals surface area contributed by atoms with E-state index < -0.39 is 0 Å². The van der Waals surface area contributed by atoms with E-state index in [0.29, 0.717) is 46.1 Å².